The number of hydrogen-bond donors (Lipinski definition) is 0. The Morgan fingerprint density at radius 1 is 1.14 bits per heavy atom. The predicted octanol–water partition coefficient (Wildman–Crippen LogP) is 3.94. The van der Waals surface area contributed by atoms with Crippen molar-refractivity contribution in [3.8, 4) is 0 Å². The van der Waals surface area contributed by atoms with Crippen molar-refractivity contribution < 1.29 is 22.7 Å². The second-order valence-electron chi connectivity index (χ2n) is 8.66. The number of benzene rings is 1. The van der Waals surface area contributed by atoms with Gasteiger partial charge in [0.05, 0.1) is 24.7 Å². The first-order valence-corrected chi connectivity index (χ1v) is 10.7. The monoisotopic (exact) mass is 410 g/mol. The molecule has 3 heterocycles. The number of alkyl halides is 3. The summed E-state index contributed by atoms with van der Waals surface area (Å²) in [7, 11) is 0. The summed E-state index contributed by atoms with van der Waals surface area (Å²) in [6.07, 6.45) is 0.468. The van der Waals surface area contributed by atoms with E-state index < -0.39 is 11.7 Å². The fourth-order valence-corrected chi connectivity index (χ4v) is 5.06. The number of likely N-dealkylation sites (tertiary alicyclic amines) is 2. The van der Waals surface area contributed by atoms with Crippen LogP contribution in [0.1, 0.15) is 43.2 Å². The number of fused-ring (bicyclic) bond motifs is 1. The highest BCUT2D eigenvalue weighted by molar-refractivity contribution is 5.76. The highest BCUT2D eigenvalue weighted by Crippen LogP contribution is 2.37. The van der Waals surface area contributed by atoms with E-state index in [0.29, 0.717) is 37.0 Å². The van der Waals surface area contributed by atoms with E-state index >= 15 is 0 Å². The van der Waals surface area contributed by atoms with Gasteiger partial charge in [0.25, 0.3) is 0 Å². The van der Waals surface area contributed by atoms with Crippen LogP contribution >= 0.6 is 0 Å². The van der Waals surface area contributed by atoms with Gasteiger partial charge < -0.3 is 9.64 Å². The van der Waals surface area contributed by atoms with Crippen LogP contribution in [-0.4, -0.2) is 54.6 Å². The lowest BCUT2D eigenvalue weighted by molar-refractivity contribution is -0.137. The fraction of sp³-hybridized carbons (Fsp3) is 0.682. The lowest BCUT2D eigenvalue weighted by Crippen LogP contribution is -2.43. The van der Waals surface area contributed by atoms with Crippen LogP contribution in [0.3, 0.4) is 0 Å². The quantitative estimate of drug-likeness (QED) is 0.754. The van der Waals surface area contributed by atoms with Gasteiger partial charge in [-0.1, -0.05) is 18.2 Å². The smallest absolute Gasteiger partial charge is 0.377 e. The summed E-state index contributed by atoms with van der Waals surface area (Å²) in [6.45, 7) is 4.53. The highest BCUT2D eigenvalue weighted by Gasteiger charge is 2.42. The van der Waals surface area contributed by atoms with Crippen LogP contribution in [0, 0.1) is 11.8 Å². The second kappa shape index (κ2) is 8.64. The lowest BCUT2D eigenvalue weighted by Gasteiger charge is -2.36. The van der Waals surface area contributed by atoms with Gasteiger partial charge in [0.1, 0.15) is 0 Å². The first kappa shape index (κ1) is 20.7. The molecule has 3 aliphatic heterocycles. The van der Waals surface area contributed by atoms with Crippen molar-refractivity contribution in [2.75, 3.05) is 32.8 Å². The molecule has 0 radical (unpaired) electrons. The molecule has 0 saturated carbocycles. The van der Waals surface area contributed by atoms with Crippen LogP contribution in [0.15, 0.2) is 24.3 Å². The Bertz CT molecular complexity index is 718. The van der Waals surface area contributed by atoms with Crippen molar-refractivity contribution in [2.24, 2.45) is 11.8 Å². The molecule has 4 rings (SSSR count). The number of nitrogens with zero attached hydrogens (tertiary/aromatic N) is 2. The van der Waals surface area contributed by atoms with Crippen LogP contribution in [-0.2, 0) is 22.3 Å². The van der Waals surface area contributed by atoms with Crippen LogP contribution in [0.2, 0.25) is 0 Å². The maximum absolute atomic E-state index is 12.9. The molecule has 3 atom stereocenters. The van der Waals surface area contributed by atoms with Gasteiger partial charge >= 0.3 is 6.18 Å². The number of carbonyl (C=O) groups excluding carboxylic acids is 1. The number of amides is 1. The van der Waals surface area contributed by atoms with Gasteiger partial charge in [-0.15, -0.1) is 0 Å². The first-order chi connectivity index (χ1) is 13.9. The normalized spacial score (nSPS) is 28.4. The number of ether oxygens (including phenoxy) is 1. The van der Waals surface area contributed by atoms with E-state index in [0.717, 1.165) is 51.5 Å². The van der Waals surface area contributed by atoms with E-state index in [1.165, 1.54) is 18.6 Å². The van der Waals surface area contributed by atoms with Crippen LogP contribution < -0.4 is 0 Å². The van der Waals surface area contributed by atoms with Gasteiger partial charge in [0.15, 0.2) is 0 Å². The third-order valence-corrected chi connectivity index (χ3v) is 6.62. The van der Waals surface area contributed by atoms with Crippen molar-refractivity contribution >= 4 is 5.91 Å². The molecular weight excluding hydrogens is 381 g/mol. The summed E-state index contributed by atoms with van der Waals surface area (Å²) >= 11 is 0. The molecule has 7 heteroatoms. The molecule has 0 bridgehead atoms. The zero-order chi connectivity index (χ0) is 20.4. The molecule has 0 N–H and O–H groups in total. The Labute approximate surface area is 170 Å². The molecule has 160 valence electrons. The SMILES string of the molecule is O=C(C[C@@H]1OC[C@H]2CN(Cc3cccc(C(F)(F)F)c3)CC[C@H]21)N1CCCCC1. The molecule has 1 aromatic rings. The molecule has 0 unspecified atom stereocenters. The van der Waals surface area contributed by atoms with Crippen LogP contribution in [0.4, 0.5) is 13.2 Å². The average Bonchev–Trinajstić information content (AvgIpc) is 3.10. The molecule has 0 aromatic heterocycles. The number of carbonyl (C=O) groups is 1. The number of piperidine rings is 2. The molecule has 3 saturated heterocycles. The van der Waals surface area contributed by atoms with Crippen molar-refractivity contribution in [2.45, 2.75) is 50.9 Å². The maximum atomic E-state index is 12.9. The van der Waals surface area contributed by atoms with Gasteiger partial charge in [-0.3, -0.25) is 9.69 Å². The summed E-state index contributed by atoms with van der Waals surface area (Å²) < 4.78 is 44.8. The third-order valence-electron chi connectivity index (χ3n) is 6.62. The average molecular weight is 410 g/mol. The standard InChI is InChI=1S/C22H29F3N2O2/c23-22(24,25)18-6-4-5-16(11-18)13-26-10-7-19-17(14-26)15-29-20(19)12-21(28)27-8-2-1-3-9-27/h4-6,11,17,19-20H,1-3,7-10,12-15H2/t17-,19-,20+/m1/s1. The van der Waals surface area contributed by atoms with Gasteiger partial charge in [-0.25, -0.2) is 0 Å². The molecule has 29 heavy (non-hydrogen) atoms. The van der Waals surface area contributed by atoms with Crippen LogP contribution in [0.5, 0.6) is 0 Å². The Morgan fingerprint density at radius 2 is 1.93 bits per heavy atom. The number of rotatable bonds is 4. The Kier molecular flexibility index (Phi) is 6.16. The van der Waals surface area contributed by atoms with Crippen molar-refractivity contribution in [3.63, 3.8) is 0 Å². The largest absolute Gasteiger partial charge is 0.416 e. The summed E-state index contributed by atoms with van der Waals surface area (Å²) in [5.74, 6) is 0.942. The Morgan fingerprint density at radius 3 is 2.69 bits per heavy atom. The van der Waals surface area contributed by atoms with Gasteiger partial charge in [0.2, 0.25) is 5.91 Å². The molecule has 4 nitrogen and oxygen atoms in total. The Balaban J connectivity index is 1.31. The summed E-state index contributed by atoms with van der Waals surface area (Å²) in [4.78, 5) is 16.8. The zero-order valence-electron chi connectivity index (χ0n) is 16.7. The van der Waals surface area contributed by atoms with Crippen molar-refractivity contribution in [1.82, 2.24) is 9.80 Å². The molecule has 0 spiro atoms. The van der Waals surface area contributed by atoms with Crippen LogP contribution in [0.25, 0.3) is 0 Å². The minimum absolute atomic E-state index is 0.00914. The molecule has 1 amide bonds. The maximum Gasteiger partial charge on any atom is 0.416 e. The first-order valence-electron chi connectivity index (χ1n) is 10.7. The van der Waals surface area contributed by atoms with Gasteiger partial charge in [-0.2, -0.15) is 13.2 Å². The molecule has 3 aliphatic rings. The lowest BCUT2D eigenvalue weighted by atomic mass is 9.83. The number of halogens is 3. The minimum Gasteiger partial charge on any atom is -0.377 e. The molecule has 3 fully saturated rings. The number of hydrogen-bond acceptors (Lipinski definition) is 3. The van der Waals surface area contributed by atoms with Gasteiger partial charge in [-0.05, 0) is 49.8 Å². The second-order valence-corrected chi connectivity index (χ2v) is 8.66. The van der Waals surface area contributed by atoms with E-state index in [2.05, 4.69) is 4.90 Å². The predicted molar refractivity (Wildman–Crippen MR) is 103 cm³/mol. The summed E-state index contributed by atoms with van der Waals surface area (Å²) in [5, 5.41) is 0. The fourth-order valence-electron chi connectivity index (χ4n) is 5.06. The van der Waals surface area contributed by atoms with E-state index in [4.69, 9.17) is 4.74 Å². The molecular formula is C22H29F3N2O2. The van der Waals surface area contributed by atoms with E-state index in [9.17, 15) is 18.0 Å². The van der Waals surface area contributed by atoms with Crippen molar-refractivity contribution in [3.05, 3.63) is 35.4 Å². The van der Waals surface area contributed by atoms with E-state index in [1.807, 2.05) is 4.90 Å². The topological polar surface area (TPSA) is 32.8 Å². The minimum atomic E-state index is -4.31. The van der Waals surface area contributed by atoms with E-state index in [1.54, 1.807) is 6.07 Å². The molecule has 0 aliphatic carbocycles. The van der Waals surface area contributed by atoms with E-state index in [-0.39, 0.29) is 12.0 Å². The van der Waals surface area contributed by atoms with Crippen molar-refractivity contribution in [1.29, 1.82) is 0 Å². The Hall–Kier alpha value is -1.60. The third kappa shape index (κ3) is 4.94. The highest BCUT2D eigenvalue weighted by atomic mass is 19.4. The molecule has 1 aromatic carbocycles. The van der Waals surface area contributed by atoms with Gasteiger partial charge in [0, 0.05) is 32.1 Å². The zero-order valence-corrected chi connectivity index (χ0v) is 16.7. The summed E-state index contributed by atoms with van der Waals surface area (Å²) in [5.41, 5.74) is 0.0967. The summed E-state index contributed by atoms with van der Waals surface area (Å²) in [6, 6.07) is 5.60.